The van der Waals surface area contributed by atoms with Crippen LogP contribution in [0.25, 0.3) is 75.9 Å². The van der Waals surface area contributed by atoms with Crippen LogP contribution in [-0.2, 0) is 0 Å². The molecule has 4 heteroatoms. The number of pyridine rings is 2. The van der Waals surface area contributed by atoms with E-state index < -0.39 is 0 Å². The highest BCUT2D eigenvalue weighted by Gasteiger charge is 2.22. The van der Waals surface area contributed by atoms with E-state index in [0.717, 1.165) is 54.4 Å². The van der Waals surface area contributed by atoms with E-state index in [1.165, 1.54) is 6.42 Å². The van der Waals surface area contributed by atoms with Crippen molar-refractivity contribution in [1.82, 2.24) is 9.97 Å². The second-order valence-electron chi connectivity index (χ2n) is 9.14. The van der Waals surface area contributed by atoms with Crippen molar-refractivity contribution in [3.05, 3.63) is 93.2 Å². The molecule has 0 fully saturated rings. The Bertz CT molecular complexity index is 2040. The van der Waals surface area contributed by atoms with Gasteiger partial charge in [0.1, 0.15) is 0 Å². The summed E-state index contributed by atoms with van der Waals surface area (Å²) in [4.78, 5) is 36.8. The Balaban J connectivity index is 0.000000669. The molecule has 0 unspecified atom stereocenters. The van der Waals surface area contributed by atoms with Gasteiger partial charge in [0.2, 0.25) is 0 Å². The van der Waals surface area contributed by atoms with Gasteiger partial charge in [0.15, 0.2) is 10.9 Å². The molecular weight excluding hydrogens is 432 g/mol. The molecule has 0 bridgehead atoms. The molecule has 0 saturated heterocycles. The van der Waals surface area contributed by atoms with Crippen LogP contribution in [0, 0.1) is 0 Å². The summed E-state index contributed by atoms with van der Waals surface area (Å²) in [5.41, 5.74) is 3.24. The van der Waals surface area contributed by atoms with Crippen LogP contribution in [0.2, 0.25) is 0 Å². The second kappa shape index (κ2) is 7.03. The van der Waals surface area contributed by atoms with Crippen molar-refractivity contribution < 1.29 is 0 Å². The van der Waals surface area contributed by atoms with E-state index in [2.05, 4.69) is 13.8 Å². The molecule has 35 heavy (non-hydrogen) atoms. The Kier molecular flexibility index (Phi) is 4.01. The molecule has 0 atom stereocenters. The van der Waals surface area contributed by atoms with Crippen LogP contribution < -0.4 is 10.9 Å². The van der Waals surface area contributed by atoms with Crippen LogP contribution in [-0.4, -0.2) is 9.97 Å². The standard InChI is InChI=1S/C28H12N2O2.C3H8/c31-27-15-7-3-1-5-13(15)25-21-17(27)9-12-20-23(21)24-19(29-25)11-10-18-22(24)26(30-20)14-6-2-4-8-16(14)28(18)32;1-3-2/h1-12H;3H2,1-2H3. The monoisotopic (exact) mass is 452 g/mol. The Morgan fingerprint density at radius 2 is 0.857 bits per heavy atom. The smallest absolute Gasteiger partial charge is 0.194 e. The predicted octanol–water partition coefficient (Wildman–Crippen LogP) is 7.00. The molecule has 0 saturated carbocycles. The normalized spacial score (nSPS) is 12.1. The summed E-state index contributed by atoms with van der Waals surface area (Å²) in [5, 5.41) is 7.82. The first-order valence-corrected chi connectivity index (χ1v) is 11.9. The third-order valence-corrected chi connectivity index (χ3v) is 6.90. The predicted molar refractivity (Wildman–Crippen MR) is 147 cm³/mol. The maximum absolute atomic E-state index is 13.3. The van der Waals surface area contributed by atoms with Gasteiger partial charge < -0.3 is 0 Å². The van der Waals surface area contributed by atoms with Gasteiger partial charge >= 0.3 is 0 Å². The van der Waals surface area contributed by atoms with E-state index in [1.54, 1.807) is 0 Å². The number of nitrogens with zero attached hydrogens (tertiary/aromatic N) is 2. The van der Waals surface area contributed by atoms with Gasteiger partial charge in [-0.15, -0.1) is 0 Å². The van der Waals surface area contributed by atoms with E-state index >= 15 is 0 Å². The maximum Gasteiger partial charge on any atom is 0.194 e. The van der Waals surface area contributed by atoms with Crippen molar-refractivity contribution in [1.29, 1.82) is 0 Å². The Hall–Kier alpha value is -4.44. The molecule has 0 N–H and O–H groups in total. The van der Waals surface area contributed by atoms with Crippen molar-refractivity contribution in [2.45, 2.75) is 20.3 Å². The highest BCUT2D eigenvalue weighted by atomic mass is 16.1. The minimum atomic E-state index is 0.00166. The van der Waals surface area contributed by atoms with Gasteiger partial charge in [-0.1, -0.05) is 68.8 Å². The van der Waals surface area contributed by atoms with Crippen molar-refractivity contribution in [3.63, 3.8) is 0 Å². The van der Waals surface area contributed by atoms with Gasteiger partial charge in [-0.25, -0.2) is 9.97 Å². The highest BCUT2D eigenvalue weighted by Crippen LogP contribution is 2.42. The summed E-state index contributed by atoms with van der Waals surface area (Å²) in [6.07, 6.45) is 1.25. The first-order valence-electron chi connectivity index (χ1n) is 11.9. The Morgan fingerprint density at radius 1 is 0.486 bits per heavy atom. The minimum Gasteiger partial charge on any atom is -0.289 e. The molecule has 0 aliphatic rings. The number of aromatic nitrogens is 2. The van der Waals surface area contributed by atoms with Crippen molar-refractivity contribution in [3.8, 4) is 0 Å². The number of hydrogen-bond donors (Lipinski definition) is 0. The molecule has 4 nitrogen and oxygen atoms in total. The lowest BCUT2D eigenvalue weighted by molar-refractivity contribution is 1.09. The van der Waals surface area contributed by atoms with E-state index in [0.29, 0.717) is 21.5 Å². The molecule has 2 heterocycles. The zero-order chi connectivity index (χ0) is 23.8. The molecule has 6 aromatic carbocycles. The van der Waals surface area contributed by atoms with Gasteiger partial charge in [0.05, 0.1) is 22.1 Å². The highest BCUT2D eigenvalue weighted by molar-refractivity contribution is 6.37. The quantitative estimate of drug-likeness (QED) is 0.184. The lowest BCUT2D eigenvalue weighted by atomic mass is 9.90. The fraction of sp³-hybridized carbons (Fsp3) is 0.0968. The zero-order valence-corrected chi connectivity index (χ0v) is 19.3. The van der Waals surface area contributed by atoms with Gasteiger partial charge in [0.25, 0.3) is 0 Å². The van der Waals surface area contributed by atoms with Gasteiger partial charge in [0, 0.05) is 53.9 Å². The summed E-state index contributed by atoms with van der Waals surface area (Å²) in [5.74, 6) is 0. The fourth-order valence-corrected chi connectivity index (χ4v) is 5.55. The fourth-order valence-electron chi connectivity index (χ4n) is 5.55. The molecule has 8 rings (SSSR count). The first-order chi connectivity index (χ1) is 17.1. The summed E-state index contributed by atoms with van der Waals surface area (Å²) < 4.78 is 0. The zero-order valence-electron chi connectivity index (χ0n) is 19.3. The molecular formula is C31H20N2O2. The van der Waals surface area contributed by atoms with Crippen molar-refractivity contribution >= 4 is 75.9 Å². The lowest BCUT2D eigenvalue weighted by Gasteiger charge is -2.17. The topological polar surface area (TPSA) is 59.9 Å². The van der Waals surface area contributed by atoms with E-state index in [-0.39, 0.29) is 10.9 Å². The Morgan fingerprint density at radius 3 is 1.26 bits per heavy atom. The van der Waals surface area contributed by atoms with Crippen LogP contribution >= 0.6 is 0 Å². The van der Waals surface area contributed by atoms with E-state index in [4.69, 9.17) is 9.97 Å². The molecule has 0 aliphatic heterocycles. The second-order valence-corrected chi connectivity index (χ2v) is 9.14. The number of fused-ring (bicyclic) bond motifs is 4. The average Bonchev–Trinajstić information content (AvgIpc) is 2.90. The van der Waals surface area contributed by atoms with Crippen LogP contribution in [0.15, 0.2) is 82.4 Å². The van der Waals surface area contributed by atoms with Crippen LogP contribution in [0.5, 0.6) is 0 Å². The van der Waals surface area contributed by atoms with Crippen LogP contribution in [0.4, 0.5) is 0 Å². The maximum atomic E-state index is 13.3. The number of rotatable bonds is 0. The molecule has 8 aromatic rings. The van der Waals surface area contributed by atoms with E-state index in [1.807, 2.05) is 72.8 Å². The van der Waals surface area contributed by atoms with Gasteiger partial charge in [-0.2, -0.15) is 0 Å². The van der Waals surface area contributed by atoms with Gasteiger partial charge in [-0.05, 0) is 24.3 Å². The minimum absolute atomic E-state index is 0.00166. The molecule has 0 radical (unpaired) electrons. The largest absolute Gasteiger partial charge is 0.289 e. The summed E-state index contributed by atoms with van der Waals surface area (Å²) in [6, 6.07) is 22.8. The van der Waals surface area contributed by atoms with Gasteiger partial charge in [-0.3, -0.25) is 9.59 Å². The van der Waals surface area contributed by atoms with Crippen LogP contribution in [0.3, 0.4) is 0 Å². The summed E-state index contributed by atoms with van der Waals surface area (Å²) >= 11 is 0. The summed E-state index contributed by atoms with van der Waals surface area (Å²) in [7, 11) is 0. The summed E-state index contributed by atoms with van der Waals surface area (Å²) in [6.45, 7) is 4.25. The third kappa shape index (κ3) is 2.46. The van der Waals surface area contributed by atoms with Crippen molar-refractivity contribution in [2.75, 3.05) is 0 Å². The molecule has 0 aliphatic carbocycles. The van der Waals surface area contributed by atoms with Crippen LogP contribution in [0.1, 0.15) is 20.3 Å². The lowest BCUT2D eigenvalue weighted by Crippen LogP contribution is -2.07. The molecule has 166 valence electrons. The number of benzene rings is 6. The third-order valence-electron chi connectivity index (χ3n) is 6.90. The SMILES string of the molecule is CCC.O=c1c2ccccc2c2nc3ccc4c(=O)c5ccccc5c5nc6ccc1c2c6c3c45. The molecule has 2 aromatic heterocycles. The van der Waals surface area contributed by atoms with E-state index in [9.17, 15) is 9.59 Å². The average molecular weight is 453 g/mol. The number of hydrogen-bond acceptors (Lipinski definition) is 4. The Labute approximate surface area is 199 Å². The van der Waals surface area contributed by atoms with Crippen molar-refractivity contribution in [2.24, 2.45) is 0 Å². The first kappa shape index (κ1) is 20.0. The molecule has 0 spiro atoms. The molecule has 0 amide bonds.